The van der Waals surface area contributed by atoms with Crippen molar-refractivity contribution >= 4 is 19.1 Å². The summed E-state index contributed by atoms with van der Waals surface area (Å²) >= 11 is -1.37. The van der Waals surface area contributed by atoms with Crippen LogP contribution in [0.2, 0.25) is 0 Å². The maximum atomic E-state index is 11.2. The van der Waals surface area contributed by atoms with Crippen molar-refractivity contribution in [3.63, 3.8) is 0 Å². The molecule has 0 aliphatic heterocycles. The standard InChI is InChI=1S/C8H13BO2S/c1-4-5-8(6-7(2)3)12(10)11-9/h4-6H,2,9H2,1,3H3/b5-4-,8-6+. The van der Waals surface area contributed by atoms with Gasteiger partial charge in [-0.15, -0.1) is 0 Å². The molecule has 1 unspecified atom stereocenters. The minimum absolute atomic E-state index is 0.632. The summed E-state index contributed by atoms with van der Waals surface area (Å²) in [6.07, 6.45) is 5.29. The van der Waals surface area contributed by atoms with Gasteiger partial charge in [0.2, 0.25) is 0 Å². The molecule has 0 saturated heterocycles. The minimum atomic E-state index is -1.37. The molecule has 0 radical (unpaired) electrons. The highest BCUT2D eigenvalue weighted by atomic mass is 32.2. The summed E-state index contributed by atoms with van der Waals surface area (Å²) in [5, 5.41) is 0. The van der Waals surface area contributed by atoms with Gasteiger partial charge in [-0.1, -0.05) is 18.2 Å². The van der Waals surface area contributed by atoms with Gasteiger partial charge in [0.25, 0.3) is 8.05 Å². The lowest BCUT2D eigenvalue weighted by atomic mass is 10.3. The molecule has 66 valence electrons. The van der Waals surface area contributed by atoms with Crippen LogP contribution in [0.3, 0.4) is 0 Å². The molecule has 0 aromatic rings. The molecule has 0 aliphatic carbocycles. The van der Waals surface area contributed by atoms with Crippen LogP contribution in [0.25, 0.3) is 0 Å². The molecule has 0 rings (SSSR count). The van der Waals surface area contributed by atoms with Crippen molar-refractivity contribution in [2.75, 3.05) is 0 Å². The molecule has 4 heteroatoms. The molecule has 0 amide bonds. The van der Waals surface area contributed by atoms with Gasteiger partial charge >= 0.3 is 0 Å². The third-order valence-electron chi connectivity index (χ3n) is 1.06. The van der Waals surface area contributed by atoms with Gasteiger partial charge in [-0.05, 0) is 26.0 Å². The smallest absolute Gasteiger partial charge is 0.280 e. The monoisotopic (exact) mass is 184 g/mol. The number of allylic oxidation sites excluding steroid dienone is 4. The molecule has 0 saturated carbocycles. The van der Waals surface area contributed by atoms with Gasteiger partial charge in [-0.25, -0.2) is 4.21 Å². The van der Waals surface area contributed by atoms with Crippen LogP contribution in [-0.2, 0) is 15.2 Å². The molecule has 0 spiro atoms. The summed E-state index contributed by atoms with van der Waals surface area (Å²) in [5.41, 5.74) is 0.855. The van der Waals surface area contributed by atoms with Gasteiger partial charge in [0.15, 0.2) is 11.1 Å². The predicted octanol–water partition coefficient (Wildman–Crippen LogP) is 1.25. The summed E-state index contributed by atoms with van der Waals surface area (Å²) in [7, 11) is 1.41. The summed E-state index contributed by atoms with van der Waals surface area (Å²) in [5.74, 6) is 0. The Bertz CT molecular complexity index is 243. The topological polar surface area (TPSA) is 26.3 Å². The Labute approximate surface area is 77.1 Å². The van der Waals surface area contributed by atoms with Gasteiger partial charge in [0.05, 0.1) is 4.91 Å². The first kappa shape index (κ1) is 11.4. The normalized spacial score (nSPS) is 15.0. The quantitative estimate of drug-likeness (QED) is 0.485. The van der Waals surface area contributed by atoms with Crippen LogP contribution >= 0.6 is 0 Å². The van der Waals surface area contributed by atoms with Crippen molar-refractivity contribution in [3.05, 3.63) is 35.3 Å². The molecule has 0 aliphatic rings. The van der Waals surface area contributed by atoms with Crippen molar-refractivity contribution in [1.82, 2.24) is 0 Å². The fraction of sp³-hybridized carbons (Fsp3) is 0.250. The molecule has 12 heavy (non-hydrogen) atoms. The van der Waals surface area contributed by atoms with Crippen LogP contribution in [0, 0.1) is 0 Å². The van der Waals surface area contributed by atoms with E-state index in [-0.39, 0.29) is 0 Å². The highest BCUT2D eigenvalue weighted by Crippen LogP contribution is 2.07. The van der Waals surface area contributed by atoms with Crippen LogP contribution in [-0.4, -0.2) is 12.3 Å². The summed E-state index contributed by atoms with van der Waals surface area (Å²) in [6, 6.07) is 0. The van der Waals surface area contributed by atoms with E-state index in [9.17, 15) is 4.21 Å². The lowest BCUT2D eigenvalue weighted by molar-refractivity contribution is 0.604. The zero-order chi connectivity index (χ0) is 9.56. The molecular weight excluding hydrogens is 171 g/mol. The van der Waals surface area contributed by atoms with Gasteiger partial charge in [0.1, 0.15) is 0 Å². The molecular formula is C8H13BO2S. The summed E-state index contributed by atoms with van der Waals surface area (Å²) in [6.45, 7) is 7.40. The lowest BCUT2D eigenvalue weighted by Gasteiger charge is -1.99. The van der Waals surface area contributed by atoms with E-state index >= 15 is 0 Å². The molecule has 0 aromatic heterocycles. The van der Waals surface area contributed by atoms with E-state index in [0.29, 0.717) is 4.91 Å². The molecule has 2 nitrogen and oxygen atoms in total. The third-order valence-corrected chi connectivity index (χ3v) is 2.00. The lowest BCUT2D eigenvalue weighted by Crippen LogP contribution is -1.95. The van der Waals surface area contributed by atoms with E-state index in [0.717, 1.165) is 5.57 Å². The number of hydrogen-bond donors (Lipinski definition) is 0. The maximum absolute atomic E-state index is 11.2. The largest absolute Gasteiger partial charge is 0.360 e. The Hall–Kier alpha value is -0.605. The Balaban J connectivity index is 4.66. The van der Waals surface area contributed by atoms with Crippen LogP contribution in [0.4, 0.5) is 0 Å². The Kier molecular flexibility index (Phi) is 5.67. The SMILES string of the molecule is BOS(=O)C(/C=C\C)=C/C(=C)C. The minimum Gasteiger partial charge on any atom is -0.360 e. The van der Waals surface area contributed by atoms with E-state index in [1.165, 1.54) is 8.05 Å². The van der Waals surface area contributed by atoms with Crippen LogP contribution in [0.1, 0.15) is 13.8 Å². The Morgan fingerprint density at radius 3 is 2.58 bits per heavy atom. The molecule has 0 bridgehead atoms. The first-order chi connectivity index (χ1) is 5.61. The Morgan fingerprint density at radius 2 is 2.25 bits per heavy atom. The van der Waals surface area contributed by atoms with Crippen molar-refractivity contribution in [3.8, 4) is 0 Å². The van der Waals surface area contributed by atoms with E-state index in [4.69, 9.17) is 0 Å². The zero-order valence-electron chi connectivity index (χ0n) is 7.66. The molecule has 1 atom stereocenters. The van der Waals surface area contributed by atoms with E-state index in [2.05, 4.69) is 10.7 Å². The predicted molar refractivity (Wildman–Crippen MR) is 55.5 cm³/mol. The average molecular weight is 184 g/mol. The second-order valence-electron chi connectivity index (χ2n) is 2.29. The summed E-state index contributed by atoms with van der Waals surface area (Å²) in [4.78, 5) is 0.632. The second-order valence-corrected chi connectivity index (χ2v) is 3.57. The highest BCUT2D eigenvalue weighted by molar-refractivity contribution is 7.85. The number of rotatable bonds is 4. The molecule has 0 N–H and O–H groups in total. The van der Waals surface area contributed by atoms with E-state index in [1.807, 2.05) is 19.9 Å². The first-order valence-corrected chi connectivity index (χ1v) is 4.65. The van der Waals surface area contributed by atoms with Gasteiger partial charge in [-0.2, -0.15) is 0 Å². The van der Waals surface area contributed by atoms with Crippen LogP contribution in [0.5, 0.6) is 0 Å². The highest BCUT2D eigenvalue weighted by Gasteiger charge is 2.00. The maximum Gasteiger partial charge on any atom is 0.280 e. The third kappa shape index (κ3) is 4.31. The van der Waals surface area contributed by atoms with Crippen molar-refractivity contribution in [2.45, 2.75) is 13.8 Å². The van der Waals surface area contributed by atoms with Crippen molar-refractivity contribution < 1.29 is 8.31 Å². The molecule has 0 aromatic carbocycles. The van der Waals surface area contributed by atoms with Crippen LogP contribution < -0.4 is 0 Å². The molecule has 0 heterocycles. The second kappa shape index (κ2) is 5.97. The fourth-order valence-corrected chi connectivity index (χ4v) is 1.39. The number of hydrogen-bond acceptors (Lipinski definition) is 2. The summed E-state index contributed by atoms with van der Waals surface area (Å²) < 4.78 is 15.8. The van der Waals surface area contributed by atoms with Gasteiger partial charge in [0, 0.05) is 0 Å². The van der Waals surface area contributed by atoms with Gasteiger partial charge < -0.3 is 4.10 Å². The fourth-order valence-electron chi connectivity index (χ4n) is 0.655. The van der Waals surface area contributed by atoms with Crippen molar-refractivity contribution in [1.29, 1.82) is 0 Å². The van der Waals surface area contributed by atoms with Crippen LogP contribution in [0.15, 0.2) is 35.3 Å². The van der Waals surface area contributed by atoms with Crippen molar-refractivity contribution in [2.24, 2.45) is 0 Å². The van der Waals surface area contributed by atoms with E-state index in [1.54, 1.807) is 12.2 Å². The first-order valence-electron chi connectivity index (χ1n) is 3.58. The van der Waals surface area contributed by atoms with E-state index < -0.39 is 11.1 Å². The molecule has 0 fully saturated rings. The van der Waals surface area contributed by atoms with Gasteiger partial charge in [-0.3, -0.25) is 0 Å². The Morgan fingerprint density at radius 1 is 1.67 bits per heavy atom. The zero-order valence-corrected chi connectivity index (χ0v) is 8.48. The average Bonchev–Trinajstić information content (AvgIpc) is 2.01.